The van der Waals surface area contributed by atoms with Gasteiger partial charge in [-0.25, -0.2) is 4.39 Å². The van der Waals surface area contributed by atoms with E-state index in [9.17, 15) is 4.39 Å². The highest BCUT2D eigenvalue weighted by molar-refractivity contribution is 7.80. The molecule has 28 heavy (non-hydrogen) atoms. The molecule has 142 valence electrons. The van der Waals surface area contributed by atoms with Gasteiger partial charge in [0.2, 0.25) is 0 Å². The fourth-order valence-electron chi connectivity index (χ4n) is 3.48. The zero-order valence-corrected chi connectivity index (χ0v) is 16.3. The first kappa shape index (κ1) is 18.4. The van der Waals surface area contributed by atoms with E-state index in [1.807, 2.05) is 30.3 Å². The number of anilines is 2. The summed E-state index contributed by atoms with van der Waals surface area (Å²) in [6.07, 6.45) is 0.996. The van der Waals surface area contributed by atoms with Gasteiger partial charge in [-0.05, 0) is 65.7 Å². The molecule has 0 aromatic heterocycles. The van der Waals surface area contributed by atoms with Crippen LogP contribution in [-0.4, -0.2) is 11.7 Å². The third-order valence-corrected chi connectivity index (χ3v) is 5.16. The summed E-state index contributed by atoms with van der Waals surface area (Å²) < 4.78 is 13.1. The number of fused-ring (bicyclic) bond motifs is 1. The molecule has 3 nitrogen and oxygen atoms in total. The predicted molar refractivity (Wildman–Crippen MR) is 117 cm³/mol. The molecule has 0 saturated carbocycles. The van der Waals surface area contributed by atoms with Crippen molar-refractivity contribution in [2.24, 2.45) is 0 Å². The van der Waals surface area contributed by atoms with Gasteiger partial charge in [0.1, 0.15) is 5.82 Å². The lowest BCUT2D eigenvalue weighted by atomic mass is 10.1. The largest absolute Gasteiger partial charge is 0.367 e. The lowest BCUT2D eigenvalue weighted by Gasteiger charge is -2.20. The van der Waals surface area contributed by atoms with Gasteiger partial charge in [-0.15, -0.1) is 0 Å². The number of rotatable bonds is 5. The highest BCUT2D eigenvalue weighted by Crippen LogP contribution is 2.31. The molecule has 5 heteroatoms. The molecule has 0 aliphatic carbocycles. The van der Waals surface area contributed by atoms with Crippen molar-refractivity contribution in [3.8, 4) is 0 Å². The second-order valence-corrected chi connectivity index (χ2v) is 7.34. The summed E-state index contributed by atoms with van der Waals surface area (Å²) in [5, 5.41) is 7.13. The Morgan fingerprint density at radius 2 is 1.75 bits per heavy atom. The molecule has 0 amide bonds. The summed E-state index contributed by atoms with van der Waals surface area (Å²) in [4.78, 5) is 2.33. The van der Waals surface area contributed by atoms with Gasteiger partial charge in [0.15, 0.2) is 5.11 Å². The number of nitrogens with zero attached hydrogens (tertiary/aromatic N) is 1. The van der Waals surface area contributed by atoms with Crippen LogP contribution in [0, 0.1) is 5.82 Å². The topological polar surface area (TPSA) is 27.3 Å². The Morgan fingerprint density at radius 3 is 2.54 bits per heavy atom. The molecule has 3 aromatic carbocycles. The summed E-state index contributed by atoms with van der Waals surface area (Å²) in [5.74, 6) is -0.196. The molecule has 0 radical (unpaired) electrons. The first-order chi connectivity index (χ1) is 13.7. The Hall–Kier alpha value is -2.92. The van der Waals surface area contributed by atoms with Crippen LogP contribution in [0.4, 0.5) is 15.8 Å². The van der Waals surface area contributed by atoms with Crippen molar-refractivity contribution < 1.29 is 4.39 Å². The Morgan fingerprint density at radius 1 is 0.964 bits per heavy atom. The molecule has 0 unspecified atom stereocenters. The Bertz CT molecular complexity index is 957. The summed E-state index contributed by atoms with van der Waals surface area (Å²) in [6.45, 7) is 2.45. The fourth-order valence-corrected chi connectivity index (χ4v) is 3.67. The van der Waals surface area contributed by atoms with Crippen molar-refractivity contribution in [2.45, 2.75) is 19.5 Å². The summed E-state index contributed by atoms with van der Waals surface area (Å²) in [7, 11) is 0. The minimum absolute atomic E-state index is 0.196. The molecule has 4 rings (SSSR count). The van der Waals surface area contributed by atoms with Gasteiger partial charge in [0.05, 0.1) is 0 Å². The smallest absolute Gasteiger partial charge is 0.171 e. The van der Waals surface area contributed by atoms with Crippen LogP contribution >= 0.6 is 12.2 Å². The van der Waals surface area contributed by atoms with Crippen LogP contribution in [0.15, 0.2) is 72.8 Å². The Kier molecular flexibility index (Phi) is 5.53. The molecular formula is C23H22FN3S. The number of halogens is 1. The zero-order chi connectivity index (χ0) is 19.3. The lowest BCUT2D eigenvalue weighted by molar-refractivity contribution is 0.626. The molecule has 2 N–H and O–H groups in total. The fraction of sp³-hybridized carbons (Fsp3) is 0.174. The van der Waals surface area contributed by atoms with E-state index in [0.29, 0.717) is 11.7 Å². The van der Waals surface area contributed by atoms with Crippen molar-refractivity contribution in [3.63, 3.8) is 0 Å². The Balaban J connectivity index is 1.36. The number of nitrogens with one attached hydrogen (secondary N) is 2. The molecule has 1 aliphatic rings. The number of hydrogen-bond acceptors (Lipinski definition) is 2. The van der Waals surface area contributed by atoms with Gasteiger partial charge < -0.3 is 15.5 Å². The summed E-state index contributed by atoms with van der Waals surface area (Å²) >= 11 is 5.42. The quantitative estimate of drug-likeness (QED) is 0.607. The van der Waals surface area contributed by atoms with Crippen molar-refractivity contribution in [1.29, 1.82) is 0 Å². The molecule has 0 spiro atoms. The van der Waals surface area contributed by atoms with Crippen LogP contribution in [0.5, 0.6) is 0 Å². The molecule has 0 bridgehead atoms. The second kappa shape index (κ2) is 8.40. The van der Waals surface area contributed by atoms with Crippen molar-refractivity contribution >= 4 is 28.7 Å². The zero-order valence-electron chi connectivity index (χ0n) is 15.5. The first-order valence-corrected chi connectivity index (χ1v) is 9.79. The van der Waals surface area contributed by atoms with E-state index in [4.69, 9.17) is 12.2 Å². The maximum atomic E-state index is 13.1. The Labute approximate surface area is 170 Å². The van der Waals surface area contributed by atoms with Crippen LogP contribution in [0.2, 0.25) is 0 Å². The standard InChI is InChI=1S/C23H22FN3S/c24-20-8-6-18(7-9-20)16-27-13-12-19-14-21(10-11-22(19)27)26-23(28)25-15-17-4-2-1-3-5-17/h1-11,14H,12-13,15-16H2,(H2,25,26,28). The number of benzene rings is 3. The minimum Gasteiger partial charge on any atom is -0.367 e. The predicted octanol–water partition coefficient (Wildman–Crippen LogP) is 4.88. The van der Waals surface area contributed by atoms with Crippen LogP contribution in [0.3, 0.4) is 0 Å². The second-order valence-electron chi connectivity index (χ2n) is 6.93. The van der Waals surface area contributed by atoms with Gasteiger partial charge in [0, 0.05) is 31.0 Å². The van der Waals surface area contributed by atoms with E-state index in [1.54, 1.807) is 0 Å². The summed E-state index contributed by atoms with van der Waals surface area (Å²) in [6, 6.07) is 23.3. The van der Waals surface area contributed by atoms with Gasteiger partial charge in [-0.1, -0.05) is 42.5 Å². The van der Waals surface area contributed by atoms with Gasteiger partial charge in [-0.2, -0.15) is 0 Å². The highest BCUT2D eigenvalue weighted by Gasteiger charge is 2.19. The van der Waals surface area contributed by atoms with Crippen LogP contribution in [-0.2, 0) is 19.5 Å². The maximum absolute atomic E-state index is 13.1. The third kappa shape index (κ3) is 4.49. The van der Waals surface area contributed by atoms with E-state index in [0.717, 1.165) is 30.8 Å². The van der Waals surface area contributed by atoms with Gasteiger partial charge in [0.25, 0.3) is 0 Å². The van der Waals surface area contributed by atoms with E-state index in [1.165, 1.54) is 28.9 Å². The van der Waals surface area contributed by atoms with Crippen molar-refractivity contribution in [1.82, 2.24) is 5.32 Å². The molecule has 0 atom stereocenters. The average Bonchev–Trinajstić information content (AvgIpc) is 3.11. The maximum Gasteiger partial charge on any atom is 0.171 e. The van der Waals surface area contributed by atoms with Gasteiger partial charge >= 0.3 is 0 Å². The molecule has 1 heterocycles. The van der Waals surface area contributed by atoms with E-state index in [2.05, 4.69) is 45.9 Å². The highest BCUT2D eigenvalue weighted by atomic mass is 32.1. The summed E-state index contributed by atoms with van der Waals surface area (Å²) in [5.41, 5.74) is 5.84. The SMILES string of the molecule is Fc1ccc(CN2CCc3cc(NC(=S)NCc4ccccc4)ccc32)cc1. The van der Waals surface area contributed by atoms with E-state index < -0.39 is 0 Å². The van der Waals surface area contributed by atoms with Crippen LogP contribution in [0.25, 0.3) is 0 Å². The molecular weight excluding hydrogens is 369 g/mol. The lowest BCUT2D eigenvalue weighted by Crippen LogP contribution is -2.27. The van der Waals surface area contributed by atoms with Crippen LogP contribution in [0.1, 0.15) is 16.7 Å². The first-order valence-electron chi connectivity index (χ1n) is 9.38. The normalized spacial score (nSPS) is 12.5. The monoisotopic (exact) mass is 391 g/mol. The molecule has 3 aromatic rings. The third-order valence-electron chi connectivity index (χ3n) is 4.91. The van der Waals surface area contributed by atoms with Gasteiger partial charge in [-0.3, -0.25) is 0 Å². The molecule has 1 aliphatic heterocycles. The number of thiocarbonyl (C=S) groups is 1. The van der Waals surface area contributed by atoms with Crippen molar-refractivity contribution in [3.05, 3.63) is 95.3 Å². The molecule has 0 saturated heterocycles. The van der Waals surface area contributed by atoms with Crippen LogP contribution < -0.4 is 15.5 Å². The van der Waals surface area contributed by atoms with E-state index >= 15 is 0 Å². The molecule has 0 fully saturated rings. The van der Waals surface area contributed by atoms with Crippen molar-refractivity contribution in [2.75, 3.05) is 16.8 Å². The van der Waals surface area contributed by atoms with E-state index in [-0.39, 0.29) is 5.82 Å². The minimum atomic E-state index is -0.196. The average molecular weight is 392 g/mol. The number of hydrogen-bond donors (Lipinski definition) is 2.